The van der Waals surface area contributed by atoms with E-state index in [0.717, 1.165) is 16.3 Å². The number of aromatic nitrogens is 2. The summed E-state index contributed by atoms with van der Waals surface area (Å²) in [6.07, 6.45) is -4.18. The Labute approximate surface area is 168 Å². The fourth-order valence-electron chi connectivity index (χ4n) is 2.79. The van der Waals surface area contributed by atoms with Crippen LogP contribution in [-0.4, -0.2) is 27.3 Å². The van der Waals surface area contributed by atoms with Gasteiger partial charge in [0.15, 0.2) is 5.69 Å². The molecule has 0 aliphatic heterocycles. The number of nitro groups is 1. The number of alkyl halides is 3. The number of ether oxygens (including phenoxy) is 1. The van der Waals surface area contributed by atoms with E-state index in [1.807, 2.05) is 0 Å². The van der Waals surface area contributed by atoms with Crippen molar-refractivity contribution in [2.24, 2.45) is 0 Å². The van der Waals surface area contributed by atoms with Crippen molar-refractivity contribution in [2.75, 3.05) is 6.61 Å². The molecule has 2 aromatic carbocycles. The number of hydrogen-bond acceptors (Lipinski definition) is 5. The molecule has 0 atom stereocenters. The number of carbonyl (C=O) groups is 1. The number of hydrogen-bond donors (Lipinski definition) is 0. The van der Waals surface area contributed by atoms with Gasteiger partial charge >= 0.3 is 12.1 Å². The number of nitro benzene ring substituents is 1. The Hall–Kier alpha value is -3.69. The van der Waals surface area contributed by atoms with Gasteiger partial charge in [-0.05, 0) is 23.8 Å². The van der Waals surface area contributed by atoms with Crippen LogP contribution < -0.4 is 0 Å². The van der Waals surface area contributed by atoms with Gasteiger partial charge in [-0.25, -0.2) is 4.68 Å². The monoisotopic (exact) mass is 419 g/mol. The second-order valence-corrected chi connectivity index (χ2v) is 6.38. The highest BCUT2D eigenvalue weighted by Crippen LogP contribution is 2.33. The van der Waals surface area contributed by atoms with Crippen LogP contribution >= 0.6 is 0 Å². The van der Waals surface area contributed by atoms with Crippen molar-refractivity contribution < 1.29 is 27.6 Å². The molecule has 0 unspecified atom stereocenters. The molecule has 0 saturated carbocycles. The van der Waals surface area contributed by atoms with E-state index < -0.39 is 22.8 Å². The molecule has 3 aromatic rings. The molecule has 0 aliphatic carbocycles. The van der Waals surface area contributed by atoms with E-state index in [1.54, 1.807) is 24.3 Å². The average molecular weight is 419 g/mol. The van der Waals surface area contributed by atoms with E-state index in [0.29, 0.717) is 12.0 Å². The normalized spacial score (nSPS) is 11.3. The third-order valence-corrected chi connectivity index (χ3v) is 4.25. The third-order valence-electron chi connectivity index (χ3n) is 4.25. The standard InChI is InChI=1S/C20H16F3N3O4/c1-13(27)30-11-10-14-2-4-15(5-3-14)18-12-19(20(21,22)23)24-25(18)16-6-8-17(9-7-16)26(28)29/h2-9,12H,10-11H2,1H3. The first-order valence-corrected chi connectivity index (χ1v) is 8.80. The number of benzene rings is 2. The molecule has 1 heterocycles. The number of non-ortho nitro benzene ring substituents is 1. The van der Waals surface area contributed by atoms with Crippen LogP contribution in [0.3, 0.4) is 0 Å². The highest BCUT2D eigenvalue weighted by Gasteiger charge is 2.35. The molecule has 0 saturated heterocycles. The fraction of sp³-hybridized carbons (Fsp3) is 0.200. The van der Waals surface area contributed by atoms with E-state index in [-0.39, 0.29) is 23.7 Å². The van der Waals surface area contributed by atoms with E-state index in [2.05, 4.69) is 5.10 Å². The molecule has 3 rings (SSSR count). The molecule has 0 aliphatic rings. The van der Waals surface area contributed by atoms with E-state index in [4.69, 9.17) is 4.74 Å². The van der Waals surface area contributed by atoms with Gasteiger partial charge in [-0.3, -0.25) is 14.9 Å². The zero-order valence-corrected chi connectivity index (χ0v) is 15.7. The zero-order valence-electron chi connectivity index (χ0n) is 15.7. The van der Waals surface area contributed by atoms with Crippen molar-refractivity contribution in [1.82, 2.24) is 9.78 Å². The van der Waals surface area contributed by atoms with Crippen LogP contribution in [0.2, 0.25) is 0 Å². The third kappa shape index (κ3) is 4.83. The molecule has 0 N–H and O–H groups in total. The first-order valence-electron chi connectivity index (χ1n) is 8.80. The van der Waals surface area contributed by atoms with Crippen LogP contribution in [-0.2, 0) is 22.1 Å². The van der Waals surface area contributed by atoms with E-state index in [9.17, 15) is 28.1 Å². The van der Waals surface area contributed by atoms with Gasteiger partial charge in [0.05, 0.1) is 22.9 Å². The Kier molecular flexibility index (Phi) is 5.86. The summed E-state index contributed by atoms with van der Waals surface area (Å²) >= 11 is 0. The molecule has 0 bridgehead atoms. The Morgan fingerprint density at radius 1 is 1.13 bits per heavy atom. The summed E-state index contributed by atoms with van der Waals surface area (Å²) in [7, 11) is 0. The molecule has 7 nitrogen and oxygen atoms in total. The van der Waals surface area contributed by atoms with Gasteiger partial charge in [-0.1, -0.05) is 24.3 Å². The van der Waals surface area contributed by atoms with E-state index in [1.165, 1.54) is 31.2 Å². The summed E-state index contributed by atoms with van der Waals surface area (Å²) in [5, 5.41) is 14.5. The molecule has 156 valence electrons. The van der Waals surface area contributed by atoms with Gasteiger partial charge in [-0.15, -0.1) is 0 Å². The number of halogens is 3. The summed E-state index contributed by atoms with van der Waals surface area (Å²) in [6.45, 7) is 1.51. The summed E-state index contributed by atoms with van der Waals surface area (Å²) in [6, 6.07) is 12.7. The number of nitrogens with zero attached hydrogens (tertiary/aromatic N) is 3. The Morgan fingerprint density at radius 3 is 2.30 bits per heavy atom. The lowest BCUT2D eigenvalue weighted by Crippen LogP contribution is -2.07. The maximum absolute atomic E-state index is 13.2. The van der Waals surface area contributed by atoms with Crippen molar-refractivity contribution in [1.29, 1.82) is 0 Å². The first kappa shape index (κ1) is 21.0. The van der Waals surface area contributed by atoms with Crippen LogP contribution in [0.25, 0.3) is 16.9 Å². The van der Waals surface area contributed by atoms with Crippen molar-refractivity contribution in [2.45, 2.75) is 19.5 Å². The fourth-order valence-corrected chi connectivity index (χ4v) is 2.79. The maximum Gasteiger partial charge on any atom is 0.435 e. The molecular weight excluding hydrogens is 403 g/mol. The van der Waals surface area contributed by atoms with Gasteiger partial charge in [-0.2, -0.15) is 18.3 Å². The summed E-state index contributed by atoms with van der Waals surface area (Å²) in [5.74, 6) is -0.390. The smallest absolute Gasteiger partial charge is 0.435 e. The lowest BCUT2D eigenvalue weighted by Gasteiger charge is -2.09. The summed E-state index contributed by atoms with van der Waals surface area (Å²) < 4.78 is 45.7. The number of rotatable bonds is 6. The second-order valence-electron chi connectivity index (χ2n) is 6.38. The van der Waals surface area contributed by atoms with Gasteiger partial charge in [0.1, 0.15) is 0 Å². The highest BCUT2D eigenvalue weighted by molar-refractivity contribution is 5.66. The number of carbonyl (C=O) groups excluding carboxylic acids is 1. The molecule has 30 heavy (non-hydrogen) atoms. The highest BCUT2D eigenvalue weighted by atomic mass is 19.4. The van der Waals surface area contributed by atoms with Crippen molar-refractivity contribution in [3.63, 3.8) is 0 Å². The minimum absolute atomic E-state index is 0.180. The lowest BCUT2D eigenvalue weighted by molar-refractivity contribution is -0.384. The average Bonchev–Trinajstić information content (AvgIpc) is 3.14. The zero-order chi connectivity index (χ0) is 21.9. The largest absolute Gasteiger partial charge is 0.466 e. The minimum atomic E-state index is -4.65. The van der Waals surface area contributed by atoms with Crippen LogP contribution in [0.15, 0.2) is 54.6 Å². The lowest BCUT2D eigenvalue weighted by atomic mass is 10.1. The SMILES string of the molecule is CC(=O)OCCc1ccc(-c2cc(C(F)(F)F)nn2-c2ccc([N+](=O)[O-])cc2)cc1. The van der Waals surface area contributed by atoms with Crippen LogP contribution in [0.4, 0.5) is 18.9 Å². The van der Waals surface area contributed by atoms with Crippen LogP contribution in [0.5, 0.6) is 0 Å². The van der Waals surface area contributed by atoms with Crippen molar-refractivity contribution in [3.8, 4) is 16.9 Å². The van der Waals surface area contributed by atoms with E-state index >= 15 is 0 Å². The minimum Gasteiger partial charge on any atom is -0.466 e. The Morgan fingerprint density at radius 2 is 1.77 bits per heavy atom. The Bertz CT molecular complexity index is 1060. The molecule has 0 radical (unpaired) electrons. The van der Waals surface area contributed by atoms with Gasteiger partial charge in [0.25, 0.3) is 5.69 Å². The van der Waals surface area contributed by atoms with Gasteiger partial charge in [0.2, 0.25) is 0 Å². The maximum atomic E-state index is 13.2. The van der Waals surface area contributed by atoms with Crippen LogP contribution in [0.1, 0.15) is 18.2 Å². The summed E-state index contributed by atoms with van der Waals surface area (Å²) in [5.41, 5.74) is 0.508. The van der Waals surface area contributed by atoms with Crippen LogP contribution in [0, 0.1) is 10.1 Å². The quantitative estimate of drug-likeness (QED) is 0.332. The first-order chi connectivity index (χ1) is 14.1. The molecule has 10 heteroatoms. The van der Waals surface area contributed by atoms with Crippen molar-refractivity contribution >= 4 is 11.7 Å². The predicted octanol–water partition coefficient (Wildman–Crippen LogP) is 4.57. The van der Waals surface area contributed by atoms with Gasteiger partial charge in [0, 0.05) is 31.0 Å². The predicted molar refractivity (Wildman–Crippen MR) is 101 cm³/mol. The molecule has 0 amide bonds. The number of esters is 1. The van der Waals surface area contributed by atoms with Gasteiger partial charge < -0.3 is 4.74 Å². The topological polar surface area (TPSA) is 87.3 Å². The summed E-state index contributed by atoms with van der Waals surface area (Å²) in [4.78, 5) is 21.1. The molecule has 0 fully saturated rings. The molecule has 0 spiro atoms. The second kappa shape index (κ2) is 8.36. The Balaban J connectivity index is 1.96. The molecule has 1 aromatic heterocycles. The van der Waals surface area contributed by atoms with Crippen molar-refractivity contribution in [3.05, 3.63) is 76.0 Å². The molecular formula is C20H16F3N3O4.